The van der Waals surface area contributed by atoms with Crippen LogP contribution in [0, 0.1) is 6.92 Å². The molecule has 0 amide bonds. The molecule has 4 nitrogen and oxygen atoms in total. The Labute approximate surface area is 120 Å². The lowest BCUT2D eigenvalue weighted by Gasteiger charge is -2.41. The standard InChI is InChI=1S/C16H20N4/c1-13-3-5-15(6-4-13)19-9-10-20(14(2)12-19)16-11-17-7-8-18-16/h3-8,11,14H,9-10,12H2,1-2H3. The van der Waals surface area contributed by atoms with Crippen molar-refractivity contribution >= 4 is 11.5 Å². The number of benzene rings is 1. The fraction of sp³-hybridized carbons (Fsp3) is 0.375. The number of anilines is 2. The third-order valence-corrected chi connectivity index (χ3v) is 3.87. The molecule has 0 aliphatic carbocycles. The van der Waals surface area contributed by atoms with E-state index in [-0.39, 0.29) is 0 Å². The second kappa shape index (κ2) is 5.49. The zero-order valence-corrected chi connectivity index (χ0v) is 12.0. The van der Waals surface area contributed by atoms with Gasteiger partial charge in [-0.3, -0.25) is 4.98 Å². The second-order valence-electron chi connectivity index (χ2n) is 5.39. The molecule has 1 fully saturated rings. The molecule has 1 aliphatic rings. The minimum absolute atomic E-state index is 0.432. The van der Waals surface area contributed by atoms with Gasteiger partial charge in [-0.1, -0.05) is 17.7 Å². The van der Waals surface area contributed by atoms with Gasteiger partial charge in [0.15, 0.2) is 0 Å². The maximum atomic E-state index is 4.41. The monoisotopic (exact) mass is 268 g/mol. The Kier molecular flexibility index (Phi) is 3.54. The van der Waals surface area contributed by atoms with E-state index in [9.17, 15) is 0 Å². The highest BCUT2D eigenvalue weighted by atomic mass is 15.3. The smallest absolute Gasteiger partial charge is 0.147 e. The minimum Gasteiger partial charge on any atom is -0.368 e. The number of piperazine rings is 1. The van der Waals surface area contributed by atoms with E-state index in [2.05, 4.69) is 57.9 Å². The molecule has 0 radical (unpaired) electrons. The summed E-state index contributed by atoms with van der Waals surface area (Å²) in [6.07, 6.45) is 5.32. The summed E-state index contributed by atoms with van der Waals surface area (Å²) in [6.45, 7) is 7.38. The highest BCUT2D eigenvalue weighted by Crippen LogP contribution is 2.22. The summed E-state index contributed by atoms with van der Waals surface area (Å²) in [4.78, 5) is 13.3. The summed E-state index contributed by atoms with van der Waals surface area (Å²) in [5, 5.41) is 0. The molecule has 20 heavy (non-hydrogen) atoms. The second-order valence-corrected chi connectivity index (χ2v) is 5.39. The predicted octanol–water partition coefficient (Wildman–Crippen LogP) is 2.50. The number of hydrogen-bond acceptors (Lipinski definition) is 4. The molecule has 4 heteroatoms. The van der Waals surface area contributed by atoms with Crippen LogP contribution >= 0.6 is 0 Å². The zero-order chi connectivity index (χ0) is 13.9. The first-order valence-electron chi connectivity index (χ1n) is 7.08. The Morgan fingerprint density at radius 1 is 1.10 bits per heavy atom. The summed E-state index contributed by atoms with van der Waals surface area (Å²) in [7, 11) is 0. The van der Waals surface area contributed by atoms with Crippen LogP contribution in [-0.2, 0) is 0 Å². The van der Waals surface area contributed by atoms with Crippen molar-refractivity contribution in [3.05, 3.63) is 48.4 Å². The van der Waals surface area contributed by atoms with Crippen molar-refractivity contribution in [2.45, 2.75) is 19.9 Å². The molecule has 0 bridgehead atoms. The Hall–Kier alpha value is -2.10. The lowest BCUT2D eigenvalue weighted by molar-refractivity contribution is 0.545. The van der Waals surface area contributed by atoms with E-state index in [4.69, 9.17) is 0 Å². The van der Waals surface area contributed by atoms with Gasteiger partial charge < -0.3 is 9.80 Å². The van der Waals surface area contributed by atoms with Crippen LogP contribution in [0.25, 0.3) is 0 Å². The van der Waals surface area contributed by atoms with Crippen LogP contribution in [0.1, 0.15) is 12.5 Å². The lowest BCUT2D eigenvalue weighted by Crippen LogP contribution is -2.52. The van der Waals surface area contributed by atoms with Crippen LogP contribution < -0.4 is 9.80 Å². The molecule has 1 aliphatic heterocycles. The van der Waals surface area contributed by atoms with Gasteiger partial charge in [0.1, 0.15) is 5.82 Å². The van der Waals surface area contributed by atoms with E-state index in [0.717, 1.165) is 25.5 Å². The summed E-state index contributed by atoms with van der Waals surface area (Å²) in [5.74, 6) is 0.976. The molecule has 1 aromatic heterocycles. The zero-order valence-electron chi connectivity index (χ0n) is 12.0. The summed E-state index contributed by atoms with van der Waals surface area (Å²) in [5.41, 5.74) is 2.61. The van der Waals surface area contributed by atoms with Gasteiger partial charge in [0.25, 0.3) is 0 Å². The minimum atomic E-state index is 0.432. The van der Waals surface area contributed by atoms with Crippen molar-refractivity contribution in [1.29, 1.82) is 0 Å². The van der Waals surface area contributed by atoms with Crippen molar-refractivity contribution < 1.29 is 0 Å². The van der Waals surface area contributed by atoms with Crippen LogP contribution in [0.5, 0.6) is 0 Å². The van der Waals surface area contributed by atoms with Crippen LogP contribution in [0.2, 0.25) is 0 Å². The first-order valence-corrected chi connectivity index (χ1v) is 7.08. The summed E-state index contributed by atoms with van der Waals surface area (Å²) in [6, 6.07) is 9.20. The number of aromatic nitrogens is 2. The highest BCUT2D eigenvalue weighted by molar-refractivity contribution is 5.50. The van der Waals surface area contributed by atoms with Gasteiger partial charge in [-0.05, 0) is 26.0 Å². The molecule has 3 rings (SSSR count). The molecular weight excluding hydrogens is 248 g/mol. The maximum Gasteiger partial charge on any atom is 0.147 e. The van der Waals surface area contributed by atoms with E-state index in [1.54, 1.807) is 12.4 Å². The van der Waals surface area contributed by atoms with E-state index in [1.165, 1.54) is 11.3 Å². The molecule has 0 spiro atoms. The fourth-order valence-electron chi connectivity index (χ4n) is 2.73. The summed E-state index contributed by atoms with van der Waals surface area (Å²) >= 11 is 0. The van der Waals surface area contributed by atoms with E-state index < -0.39 is 0 Å². The highest BCUT2D eigenvalue weighted by Gasteiger charge is 2.24. The Morgan fingerprint density at radius 2 is 1.90 bits per heavy atom. The number of hydrogen-bond donors (Lipinski definition) is 0. The fourth-order valence-corrected chi connectivity index (χ4v) is 2.73. The Morgan fingerprint density at radius 3 is 2.55 bits per heavy atom. The van der Waals surface area contributed by atoms with Gasteiger partial charge in [-0.25, -0.2) is 4.98 Å². The molecule has 1 atom stereocenters. The van der Waals surface area contributed by atoms with Gasteiger partial charge in [-0.15, -0.1) is 0 Å². The first kappa shape index (κ1) is 12.9. The Bertz CT molecular complexity index is 552. The normalized spacial score (nSPS) is 19.2. The van der Waals surface area contributed by atoms with Crippen molar-refractivity contribution in [3.63, 3.8) is 0 Å². The quantitative estimate of drug-likeness (QED) is 0.837. The van der Waals surface area contributed by atoms with Crippen LogP contribution in [0.15, 0.2) is 42.9 Å². The molecule has 2 aromatic rings. The van der Waals surface area contributed by atoms with E-state index in [1.807, 2.05) is 6.20 Å². The third kappa shape index (κ3) is 2.59. The molecule has 0 N–H and O–H groups in total. The average Bonchev–Trinajstić information content (AvgIpc) is 2.49. The van der Waals surface area contributed by atoms with E-state index >= 15 is 0 Å². The number of rotatable bonds is 2. The van der Waals surface area contributed by atoms with Crippen LogP contribution in [0.3, 0.4) is 0 Å². The van der Waals surface area contributed by atoms with Crippen molar-refractivity contribution in [2.24, 2.45) is 0 Å². The van der Waals surface area contributed by atoms with E-state index in [0.29, 0.717) is 6.04 Å². The molecular formula is C16H20N4. The molecule has 104 valence electrons. The van der Waals surface area contributed by atoms with Gasteiger partial charge in [0.05, 0.1) is 6.20 Å². The SMILES string of the molecule is Cc1ccc(N2CCN(c3cnccn3)C(C)C2)cc1. The molecule has 1 unspecified atom stereocenters. The van der Waals surface area contributed by atoms with Crippen molar-refractivity contribution in [2.75, 3.05) is 29.4 Å². The molecule has 0 saturated carbocycles. The average molecular weight is 268 g/mol. The topological polar surface area (TPSA) is 32.3 Å². The van der Waals surface area contributed by atoms with Crippen LogP contribution in [-0.4, -0.2) is 35.6 Å². The van der Waals surface area contributed by atoms with Gasteiger partial charge in [-0.2, -0.15) is 0 Å². The summed E-state index contributed by atoms with van der Waals surface area (Å²) < 4.78 is 0. The van der Waals surface area contributed by atoms with Gasteiger partial charge in [0, 0.05) is 43.8 Å². The number of aryl methyl sites for hydroxylation is 1. The van der Waals surface area contributed by atoms with Crippen LogP contribution in [0.4, 0.5) is 11.5 Å². The molecule has 1 saturated heterocycles. The third-order valence-electron chi connectivity index (χ3n) is 3.87. The van der Waals surface area contributed by atoms with Crippen molar-refractivity contribution in [3.8, 4) is 0 Å². The maximum absolute atomic E-state index is 4.41. The number of nitrogens with zero attached hydrogens (tertiary/aromatic N) is 4. The first-order chi connectivity index (χ1) is 9.74. The van der Waals surface area contributed by atoms with Gasteiger partial charge in [0.2, 0.25) is 0 Å². The lowest BCUT2D eigenvalue weighted by atomic mass is 10.1. The molecule has 2 heterocycles. The Balaban J connectivity index is 1.72. The predicted molar refractivity (Wildman–Crippen MR) is 82.2 cm³/mol. The molecule has 1 aromatic carbocycles. The van der Waals surface area contributed by atoms with Gasteiger partial charge >= 0.3 is 0 Å². The largest absolute Gasteiger partial charge is 0.368 e. The van der Waals surface area contributed by atoms with Crippen molar-refractivity contribution in [1.82, 2.24) is 9.97 Å².